The predicted octanol–water partition coefficient (Wildman–Crippen LogP) is 3.65. The summed E-state index contributed by atoms with van der Waals surface area (Å²) in [6.07, 6.45) is 1.66. The second-order valence-electron chi connectivity index (χ2n) is 4.83. The van der Waals surface area contributed by atoms with Gasteiger partial charge >= 0.3 is 0 Å². The highest BCUT2D eigenvalue weighted by atomic mass is 35.5. The van der Waals surface area contributed by atoms with E-state index in [0.29, 0.717) is 17.3 Å². The summed E-state index contributed by atoms with van der Waals surface area (Å²) in [5, 5.41) is 6.45. The maximum absolute atomic E-state index is 11.3. The Kier molecular flexibility index (Phi) is 5.57. The maximum Gasteiger partial charge on any atom is 0.221 e. The monoisotopic (exact) mass is 336 g/mol. The van der Waals surface area contributed by atoms with Crippen molar-refractivity contribution in [3.63, 3.8) is 0 Å². The molecule has 2 aromatic carbocycles. The number of hydrogen-bond acceptors (Lipinski definition) is 3. The standard InChI is InChI=1S/C16H17ClN2O2S/c1-11(20)19-16-9-13(5-8-15(16)17)18-10-12-3-6-14(7-4-12)22(2)21/h3-9,18H,10H2,1-2H3,(H,19,20). The zero-order chi connectivity index (χ0) is 16.1. The molecular formula is C16H17ClN2O2S. The Hall–Kier alpha value is -1.85. The van der Waals surface area contributed by atoms with Crippen molar-refractivity contribution in [3.05, 3.63) is 53.1 Å². The Labute approximate surface area is 137 Å². The van der Waals surface area contributed by atoms with Crippen LogP contribution in [-0.4, -0.2) is 16.4 Å². The molecule has 0 spiro atoms. The van der Waals surface area contributed by atoms with Crippen molar-refractivity contribution >= 4 is 39.7 Å². The molecule has 0 radical (unpaired) electrons. The van der Waals surface area contributed by atoms with Crippen LogP contribution < -0.4 is 10.6 Å². The van der Waals surface area contributed by atoms with Gasteiger partial charge in [0, 0.05) is 41.1 Å². The first-order chi connectivity index (χ1) is 10.5. The van der Waals surface area contributed by atoms with Crippen LogP contribution in [0.3, 0.4) is 0 Å². The van der Waals surface area contributed by atoms with E-state index in [2.05, 4.69) is 10.6 Å². The lowest BCUT2D eigenvalue weighted by Gasteiger charge is -2.10. The van der Waals surface area contributed by atoms with Gasteiger partial charge in [-0.2, -0.15) is 0 Å². The quantitative estimate of drug-likeness (QED) is 0.876. The van der Waals surface area contributed by atoms with Gasteiger partial charge in [0.2, 0.25) is 5.91 Å². The molecule has 0 heterocycles. The van der Waals surface area contributed by atoms with Crippen LogP contribution in [-0.2, 0) is 22.1 Å². The van der Waals surface area contributed by atoms with E-state index in [-0.39, 0.29) is 5.91 Å². The van der Waals surface area contributed by atoms with E-state index in [9.17, 15) is 9.00 Å². The first kappa shape index (κ1) is 16.5. The fourth-order valence-electron chi connectivity index (χ4n) is 1.92. The summed E-state index contributed by atoms with van der Waals surface area (Å²) in [6.45, 7) is 2.06. The summed E-state index contributed by atoms with van der Waals surface area (Å²) in [5.74, 6) is -0.165. The van der Waals surface area contributed by atoms with Gasteiger partial charge in [0.25, 0.3) is 0 Å². The number of carbonyl (C=O) groups is 1. The lowest BCUT2D eigenvalue weighted by molar-refractivity contribution is -0.114. The molecule has 22 heavy (non-hydrogen) atoms. The van der Waals surface area contributed by atoms with Crippen LogP contribution in [0.5, 0.6) is 0 Å². The summed E-state index contributed by atoms with van der Waals surface area (Å²) in [6, 6.07) is 13.0. The number of carbonyl (C=O) groups excluding carboxylic acids is 1. The molecule has 116 valence electrons. The van der Waals surface area contributed by atoms with Crippen molar-refractivity contribution in [1.82, 2.24) is 0 Å². The molecule has 2 aromatic rings. The molecule has 0 bridgehead atoms. The van der Waals surface area contributed by atoms with E-state index in [4.69, 9.17) is 11.6 Å². The van der Waals surface area contributed by atoms with Crippen LogP contribution in [0.2, 0.25) is 5.02 Å². The van der Waals surface area contributed by atoms with Crippen LogP contribution in [0.4, 0.5) is 11.4 Å². The smallest absolute Gasteiger partial charge is 0.221 e. The zero-order valence-corrected chi connectivity index (χ0v) is 13.9. The number of halogens is 1. The highest BCUT2D eigenvalue weighted by Gasteiger charge is 2.04. The maximum atomic E-state index is 11.3. The Morgan fingerprint density at radius 2 is 1.86 bits per heavy atom. The van der Waals surface area contributed by atoms with Crippen molar-refractivity contribution in [2.75, 3.05) is 16.9 Å². The predicted molar refractivity (Wildman–Crippen MR) is 91.9 cm³/mol. The Morgan fingerprint density at radius 1 is 1.18 bits per heavy atom. The van der Waals surface area contributed by atoms with Gasteiger partial charge in [-0.15, -0.1) is 0 Å². The topological polar surface area (TPSA) is 58.2 Å². The number of anilines is 2. The minimum Gasteiger partial charge on any atom is -0.381 e. The lowest BCUT2D eigenvalue weighted by Crippen LogP contribution is -2.07. The number of rotatable bonds is 5. The Morgan fingerprint density at radius 3 is 2.45 bits per heavy atom. The Bertz CT molecular complexity index is 702. The number of amides is 1. The molecule has 1 amide bonds. The van der Waals surface area contributed by atoms with E-state index < -0.39 is 10.8 Å². The van der Waals surface area contributed by atoms with Gasteiger partial charge in [0.15, 0.2) is 0 Å². The molecule has 2 N–H and O–H groups in total. The van der Waals surface area contributed by atoms with Gasteiger partial charge in [-0.1, -0.05) is 23.7 Å². The van der Waals surface area contributed by atoms with Crippen molar-refractivity contribution in [2.45, 2.75) is 18.4 Å². The van der Waals surface area contributed by atoms with Crippen molar-refractivity contribution in [2.24, 2.45) is 0 Å². The fourth-order valence-corrected chi connectivity index (χ4v) is 2.61. The normalized spacial score (nSPS) is 11.8. The molecule has 0 aliphatic rings. The molecule has 1 unspecified atom stereocenters. The van der Waals surface area contributed by atoms with Crippen LogP contribution in [0.25, 0.3) is 0 Å². The van der Waals surface area contributed by atoms with Crippen LogP contribution in [0.15, 0.2) is 47.4 Å². The third kappa shape index (κ3) is 4.58. The molecule has 2 rings (SSSR count). The third-order valence-corrected chi connectivity index (χ3v) is 4.29. The molecule has 1 atom stereocenters. The molecule has 0 saturated carbocycles. The highest BCUT2D eigenvalue weighted by molar-refractivity contribution is 7.84. The number of benzene rings is 2. The zero-order valence-electron chi connectivity index (χ0n) is 12.4. The summed E-state index contributed by atoms with van der Waals surface area (Å²) in [5.41, 5.74) is 2.51. The van der Waals surface area contributed by atoms with Crippen LogP contribution in [0.1, 0.15) is 12.5 Å². The molecule has 0 aromatic heterocycles. The molecule has 0 saturated heterocycles. The van der Waals surface area contributed by atoms with Crippen LogP contribution >= 0.6 is 11.6 Å². The second-order valence-corrected chi connectivity index (χ2v) is 6.61. The SMILES string of the molecule is CC(=O)Nc1cc(NCc2ccc(S(C)=O)cc2)ccc1Cl. The molecule has 0 aliphatic heterocycles. The van der Waals surface area contributed by atoms with E-state index in [1.54, 1.807) is 18.4 Å². The first-order valence-electron chi connectivity index (χ1n) is 6.69. The minimum absolute atomic E-state index is 0.165. The third-order valence-electron chi connectivity index (χ3n) is 3.03. The molecule has 0 aliphatic carbocycles. The average molecular weight is 337 g/mol. The summed E-state index contributed by atoms with van der Waals surface area (Å²) in [7, 11) is -0.964. The van der Waals surface area contributed by atoms with E-state index in [1.165, 1.54) is 6.92 Å². The van der Waals surface area contributed by atoms with Gasteiger partial charge in [0.05, 0.1) is 10.7 Å². The lowest BCUT2D eigenvalue weighted by atomic mass is 10.2. The van der Waals surface area contributed by atoms with E-state index in [0.717, 1.165) is 16.1 Å². The first-order valence-corrected chi connectivity index (χ1v) is 8.62. The fraction of sp³-hybridized carbons (Fsp3) is 0.188. The van der Waals surface area contributed by atoms with E-state index in [1.807, 2.05) is 30.3 Å². The summed E-state index contributed by atoms with van der Waals surface area (Å²) in [4.78, 5) is 11.9. The van der Waals surface area contributed by atoms with E-state index >= 15 is 0 Å². The summed E-state index contributed by atoms with van der Waals surface area (Å²) >= 11 is 6.03. The van der Waals surface area contributed by atoms with Gasteiger partial charge in [0.1, 0.15) is 0 Å². The van der Waals surface area contributed by atoms with Gasteiger partial charge in [-0.25, -0.2) is 0 Å². The molecule has 0 fully saturated rings. The molecular weight excluding hydrogens is 320 g/mol. The van der Waals surface area contributed by atoms with Crippen LogP contribution in [0, 0.1) is 0 Å². The van der Waals surface area contributed by atoms with Crippen molar-refractivity contribution in [1.29, 1.82) is 0 Å². The van der Waals surface area contributed by atoms with Gasteiger partial charge in [-0.3, -0.25) is 9.00 Å². The number of hydrogen-bond donors (Lipinski definition) is 2. The minimum atomic E-state index is -0.964. The average Bonchev–Trinajstić information content (AvgIpc) is 2.48. The highest BCUT2D eigenvalue weighted by Crippen LogP contribution is 2.25. The molecule has 4 nitrogen and oxygen atoms in total. The van der Waals surface area contributed by atoms with Gasteiger partial charge in [-0.05, 0) is 35.9 Å². The van der Waals surface area contributed by atoms with Gasteiger partial charge < -0.3 is 10.6 Å². The van der Waals surface area contributed by atoms with Crippen molar-refractivity contribution in [3.8, 4) is 0 Å². The largest absolute Gasteiger partial charge is 0.381 e. The molecule has 6 heteroatoms. The second kappa shape index (κ2) is 7.42. The van der Waals surface area contributed by atoms with Crippen molar-refractivity contribution < 1.29 is 9.00 Å². The Balaban J connectivity index is 2.04. The summed E-state index contributed by atoms with van der Waals surface area (Å²) < 4.78 is 11.3. The number of nitrogens with one attached hydrogen (secondary N) is 2.